The van der Waals surface area contributed by atoms with Crippen molar-refractivity contribution in [3.05, 3.63) is 64.1 Å². The number of aromatic nitrogens is 1. The number of nitrogens with zero attached hydrogens (tertiary/aromatic N) is 2. The van der Waals surface area contributed by atoms with Gasteiger partial charge in [-0.2, -0.15) is 4.31 Å². The molecule has 6 nitrogen and oxygen atoms in total. The predicted octanol–water partition coefficient (Wildman–Crippen LogP) is 0.232. The minimum absolute atomic E-state index is 0.156. The fourth-order valence-electron chi connectivity index (χ4n) is 3.88. The van der Waals surface area contributed by atoms with Crippen LogP contribution in [0.2, 0.25) is 0 Å². The topological polar surface area (TPSA) is 63.8 Å². The average Bonchev–Trinajstić information content (AvgIpc) is 3.19. The average molecular weight is 374 g/mol. The summed E-state index contributed by atoms with van der Waals surface area (Å²) < 4.78 is 28.6. The van der Waals surface area contributed by atoms with E-state index in [2.05, 4.69) is 18.2 Å². The van der Waals surface area contributed by atoms with Crippen LogP contribution in [0.1, 0.15) is 24.0 Å². The summed E-state index contributed by atoms with van der Waals surface area (Å²) in [5, 5.41) is 0. The normalized spacial score (nSPS) is 20.8. The molecule has 2 aliphatic rings. The molecule has 138 valence electrons. The van der Waals surface area contributed by atoms with Gasteiger partial charge in [-0.3, -0.25) is 9.36 Å². The third-order valence-corrected chi connectivity index (χ3v) is 7.24. The van der Waals surface area contributed by atoms with Crippen LogP contribution in [-0.4, -0.2) is 36.9 Å². The van der Waals surface area contributed by atoms with Crippen molar-refractivity contribution in [2.24, 2.45) is 0 Å². The monoisotopic (exact) mass is 374 g/mol. The summed E-state index contributed by atoms with van der Waals surface area (Å²) in [6.45, 7) is 3.40. The Morgan fingerprint density at radius 1 is 1.00 bits per heavy atom. The smallest absolute Gasteiger partial charge is 0.254 e. The van der Waals surface area contributed by atoms with E-state index in [0.29, 0.717) is 19.8 Å². The van der Waals surface area contributed by atoms with E-state index in [1.165, 1.54) is 38.7 Å². The fraction of sp³-hybridized carbons (Fsp3) is 0.421. The lowest BCUT2D eigenvalue weighted by Crippen LogP contribution is -3.11. The standard InChI is InChI=1S/C19H23N3O3S/c23-19-8-7-18(26(24,25)22-10-3-4-11-22)14-21(19)15-20-12-9-16-5-1-2-6-17(16)13-20/h1-2,5-8,14H,3-4,9-13,15H2/p+1. The molecule has 0 spiro atoms. The molecule has 1 saturated heterocycles. The van der Waals surface area contributed by atoms with Crippen LogP contribution in [0.3, 0.4) is 0 Å². The van der Waals surface area contributed by atoms with E-state index in [-0.39, 0.29) is 10.5 Å². The van der Waals surface area contributed by atoms with Crippen molar-refractivity contribution >= 4 is 10.0 Å². The first-order chi connectivity index (χ1) is 12.5. The van der Waals surface area contributed by atoms with E-state index in [0.717, 1.165) is 32.4 Å². The van der Waals surface area contributed by atoms with E-state index < -0.39 is 10.0 Å². The van der Waals surface area contributed by atoms with Crippen molar-refractivity contribution in [2.45, 2.75) is 37.4 Å². The van der Waals surface area contributed by atoms with E-state index >= 15 is 0 Å². The Hall–Kier alpha value is -1.96. The molecular formula is C19H24N3O3S+. The second-order valence-corrected chi connectivity index (χ2v) is 9.08. The van der Waals surface area contributed by atoms with Crippen LogP contribution in [0.15, 0.2) is 52.3 Å². The van der Waals surface area contributed by atoms with Gasteiger partial charge < -0.3 is 4.90 Å². The van der Waals surface area contributed by atoms with E-state index in [9.17, 15) is 13.2 Å². The molecule has 0 saturated carbocycles. The molecular weight excluding hydrogens is 350 g/mol. The summed E-state index contributed by atoms with van der Waals surface area (Å²) in [5.41, 5.74) is 2.52. The second-order valence-electron chi connectivity index (χ2n) is 7.14. The summed E-state index contributed by atoms with van der Waals surface area (Å²) in [6, 6.07) is 11.2. The first-order valence-corrected chi connectivity index (χ1v) is 10.6. The lowest BCUT2D eigenvalue weighted by atomic mass is 10.0. The highest BCUT2D eigenvalue weighted by Crippen LogP contribution is 2.19. The SMILES string of the molecule is O=c1ccc(S(=O)(=O)N2CCCC2)cn1C[NH+]1CCc2ccccc2C1. The highest BCUT2D eigenvalue weighted by atomic mass is 32.2. The molecule has 0 radical (unpaired) electrons. The van der Waals surface area contributed by atoms with Crippen molar-refractivity contribution in [1.29, 1.82) is 0 Å². The van der Waals surface area contributed by atoms with Crippen LogP contribution in [0.5, 0.6) is 0 Å². The number of rotatable bonds is 4. The molecule has 1 fully saturated rings. The zero-order valence-electron chi connectivity index (χ0n) is 14.7. The first kappa shape index (κ1) is 17.5. The number of nitrogens with one attached hydrogen (secondary N) is 1. The maximum absolute atomic E-state index is 12.8. The van der Waals surface area contributed by atoms with Gasteiger partial charge in [-0.25, -0.2) is 8.42 Å². The van der Waals surface area contributed by atoms with E-state index in [1.807, 2.05) is 6.07 Å². The molecule has 3 heterocycles. The van der Waals surface area contributed by atoms with Gasteiger partial charge in [0, 0.05) is 37.3 Å². The molecule has 2 aliphatic heterocycles. The lowest BCUT2D eigenvalue weighted by molar-refractivity contribution is -0.938. The maximum atomic E-state index is 12.8. The van der Waals surface area contributed by atoms with Gasteiger partial charge in [0.15, 0.2) is 6.67 Å². The number of hydrogen-bond donors (Lipinski definition) is 1. The van der Waals surface area contributed by atoms with Gasteiger partial charge in [-0.1, -0.05) is 24.3 Å². The van der Waals surface area contributed by atoms with Gasteiger partial charge in [0.2, 0.25) is 10.0 Å². The molecule has 4 rings (SSSR count). The van der Waals surface area contributed by atoms with Gasteiger partial charge in [0.25, 0.3) is 5.56 Å². The zero-order chi connectivity index (χ0) is 18.1. The minimum atomic E-state index is -3.50. The van der Waals surface area contributed by atoms with Crippen LogP contribution < -0.4 is 10.5 Å². The molecule has 7 heteroatoms. The van der Waals surface area contributed by atoms with Gasteiger partial charge in [-0.15, -0.1) is 0 Å². The van der Waals surface area contributed by atoms with Gasteiger partial charge in [0.1, 0.15) is 6.54 Å². The van der Waals surface area contributed by atoms with Crippen molar-refractivity contribution in [1.82, 2.24) is 8.87 Å². The number of sulfonamides is 1. The van der Waals surface area contributed by atoms with Crippen molar-refractivity contribution < 1.29 is 13.3 Å². The summed E-state index contributed by atoms with van der Waals surface area (Å²) in [6.07, 6.45) is 4.29. The minimum Gasteiger partial charge on any atom is -0.313 e. The number of fused-ring (bicyclic) bond motifs is 1. The molecule has 0 bridgehead atoms. The molecule has 1 aromatic carbocycles. The molecule has 26 heavy (non-hydrogen) atoms. The van der Waals surface area contributed by atoms with Crippen molar-refractivity contribution in [2.75, 3.05) is 19.6 Å². The van der Waals surface area contributed by atoms with Crippen LogP contribution in [0, 0.1) is 0 Å². The van der Waals surface area contributed by atoms with Crippen LogP contribution >= 0.6 is 0 Å². The van der Waals surface area contributed by atoms with Crippen LogP contribution in [0.4, 0.5) is 0 Å². The molecule has 1 atom stereocenters. The Kier molecular flexibility index (Phi) is 4.69. The lowest BCUT2D eigenvalue weighted by Gasteiger charge is -2.26. The van der Waals surface area contributed by atoms with E-state index in [1.54, 1.807) is 4.57 Å². The molecule has 0 amide bonds. The van der Waals surface area contributed by atoms with Crippen LogP contribution in [-0.2, 0) is 29.7 Å². The first-order valence-electron chi connectivity index (χ1n) is 9.15. The highest BCUT2D eigenvalue weighted by Gasteiger charge is 2.28. The zero-order valence-corrected chi connectivity index (χ0v) is 15.5. The Morgan fingerprint density at radius 3 is 2.50 bits per heavy atom. The van der Waals surface area contributed by atoms with E-state index in [4.69, 9.17) is 0 Å². The van der Waals surface area contributed by atoms with Crippen molar-refractivity contribution in [3.63, 3.8) is 0 Å². The summed E-state index contributed by atoms with van der Waals surface area (Å²) in [5.74, 6) is 0. The quantitative estimate of drug-likeness (QED) is 0.833. The van der Waals surface area contributed by atoms with Gasteiger partial charge in [0.05, 0.1) is 11.4 Å². The number of benzene rings is 1. The predicted molar refractivity (Wildman–Crippen MR) is 98.4 cm³/mol. The van der Waals surface area contributed by atoms with Gasteiger partial charge in [-0.05, 0) is 24.5 Å². The Balaban J connectivity index is 1.57. The number of hydrogen-bond acceptors (Lipinski definition) is 3. The molecule has 2 aromatic rings. The largest absolute Gasteiger partial charge is 0.313 e. The maximum Gasteiger partial charge on any atom is 0.254 e. The molecule has 1 aromatic heterocycles. The molecule has 1 N–H and O–H groups in total. The summed E-state index contributed by atoms with van der Waals surface area (Å²) in [7, 11) is -3.50. The Bertz CT molecular complexity index is 962. The fourth-order valence-corrected chi connectivity index (χ4v) is 5.42. The molecule has 0 aliphatic carbocycles. The number of quaternary nitrogens is 1. The molecule has 1 unspecified atom stereocenters. The summed E-state index contributed by atoms with van der Waals surface area (Å²) in [4.78, 5) is 13.8. The summed E-state index contributed by atoms with van der Waals surface area (Å²) >= 11 is 0. The Labute approximate surface area is 153 Å². The van der Waals surface area contributed by atoms with Crippen molar-refractivity contribution in [3.8, 4) is 0 Å². The van der Waals surface area contributed by atoms with Crippen LogP contribution in [0.25, 0.3) is 0 Å². The number of pyridine rings is 1. The third-order valence-electron chi connectivity index (χ3n) is 5.36. The third kappa shape index (κ3) is 3.34. The highest BCUT2D eigenvalue weighted by molar-refractivity contribution is 7.89. The van der Waals surface area contributed by atoms with Gasteiger partial charge >= 0.3 is 0 Å². The Morgan fingerprint density at radius 2 is 1.73 bits per heavy atom. The second kappa shape index (κ2) is 6.98.